The number of carboxylic acid groups (broad SMARTS) is 1. The van der Waals surface area contributed by atoms with Gasteiger partial charge in [-0.05, 0) is 50.3 Å². The first-order chi connectivity index (χ1) is 16.7. The van der Waals surface area contributed by atoms with Crippen LogP contribution in [0.15, 0.2) is 18.2 Å². The Morgan fingerprint density at radius 2 is 1.51 bits per heavy atom. The summed E-state index contributed by atoms with van der Waals surface area (Å²) in [5.74, 6) is -1.67. The van der Waals surface area contributed by atoms with Crippen LogP contribution in [0.2, 0.25) is 0 Å². The van der Waals surface area contributed by atoms with Crippen LogP contribution in [0.1, 0.15) is 58.9 Å². The molecule has 2 atom stereocenters. The fraction of sp³-hybridized carbons (Fsp3) is 0.583. The van der Waals surface area contributed by atoms with E-state index in [2.05, 4.69) is 5.32 Å². The second-order valence-electron chi connectivity index (χ2n) is 7.74. The largest absolute Gasteiger partial charge is 0.513 e. The summed E-state index contributed by atoms with van der Waals surface area (Å²) in [6.07, 6.45) is -0.353. The lowest BCUT2D eigenvalue weighted by Crippen LogP contribution is -2.42. The Morgan fingerprint density at radius 1 is 0.914 bits per heavy atom. The van der Waals surface area contributed by atoms with Crippen molar-refractivity contribution in [3.8, 4) is 11.5 Å². The molecule has 0 radical (unpaired) electrons. The van der Waals surface area contributed by atoms with E-state index in [4.69, 9.17) is 23.7 Å². The van der Waals surface area contributed by atoms with Crippen LogP contribution in [0.25, 0.3) is 0 Å². The van der Waals surface area contributed by atoms with Crippen LogP contribution in [0.5, 0.6) is 11.5 Å². The van der Waals surface area contributed by atoms with Gasteiger partial charge in [-0.25, -0.2) is 9.59 Å². The zero-order valence-corrected chi connectivity index (χ0v) is 20.7. The molecule has 1 rings (SSSR count). The summed E-state index contributed by atoms with van der Waals surface area (Å²) in [6.45, 7) is 7.58. The number of esters is 1. The Morgan fingerprint density at radius 3 is 2.06 bits per heavy atom. The van der Waals surface area contributed by atoms with Gasteiger partial charge < -0.3 is 34.1 Å². The van der Waals surface area contributed by atoms with E-state index in [1.165, 1.54) is 18.2 Å². The van der Waals surface area contributed by atoms with Gasteiger partial charge in [-0.15, -0.1) is 0 Å². The zero-order chi connectivity index (χ0) is 26.2. The second-order valence-corrected chi connectivity index (χ2v) is 7.74. The molecular weight excluding hydrogens is 462 g/mol. The van der Waals surface area contributed by atoms with Crippen LogP contribution >= 0.6 is 0 Å². The highest BCUT2D eigenvalue weighted by Gasteiger charge is 2.22. The molecule has 196 valence electrons. The third-order valence-electron chi connectivity index (χ3n) is 4.42. The van der Waals surface area contributed by atoms with Gasteiger partial charge in [0.1, 0.15) is 12.1 Å². The third-order valence-corrected chi connectivity index (χ3v) is 4.42. The third kappa shape index (κ3) is 12.1. The highest BCUT2D eigenvalue weighted by molar-refractivity contribution is 5.74. The van der Waals surface area contributed by atoms with Gasteiger partial charge >= 0.3 is 24.2 Å². The number of carboxylic acids is 1. The van der Waals surface area contributed by atoms with Crippen molar-refractivity contribution in [2.75, 3.05) is 19.8 Å². The average Bonchev–Trinajstić information content (AvgIpc) is 2.80. The zero-order valence-electron chi connectivity index (χ0n) is 20.7. The number of nitrogens with one attached hydrogen (secondary N) is 1. The van der Waals surface area contributed by atoms with Gasteiger partial charge in [-0.1, -0.05) is 26.8 Å². The standard InChI is InChI=1S/C24H35NO10/c1-5-8-21(26)33-16(4)15-25-18(22(27)28)13-17-9-10-19(34-23(29)31-11-6-2)20(14-17)35-24(30)32-12-7-3/h9-10,14,16,18,25H,5-8,11-13,15H2,1-4H3,(H,27,28)/t16?,18-/m0/s1. The SMILES string of the molecule is CCCOC(=O)Oc1ccc(C[C@H](NCC(C)OC(=O)CCC)C(=O)O)cc1OC(=O)OCCC. The minimum Gasteiger partial charge on any atom is -0.480 e. The van der Waals surface area contributed by atoms with Crippen molar-refractivity contribution in [3.63, 3.8) is 0 Å². The average molecular weight is 498 g/mol. The summed E-state index contributed by atoms with van der Waals surface area (Å²) in [5.41, 5.74) is 0.480. The fourth-order valence-electron chi connectivity index (χ4n) is 2.77. The van der Waals surface area contributed by atoms with Crippen molar-refractivity contribution in [2.45, 2.75) is 71.9 Å². The van der Waals surface area contributed by atoms with Gasteiger partial charge in [0.2, 0.25) is 0 Å². The van der Waals surface area contributed by atoms with Gasteiger partial charge in [-0.3, -0.25) is 9.59 Å². The van der Waals surface area contributed by atoms with Crippen molar-refractivity contribution in [1.82, 2.24) is 5.32 Å². The number of ether oxygens (including phenoxy) is 5. The predicted molar refractivity (Wildman–Crippen MR) is 125 cm³/mol. The van der Waals surface area contributed by atoms with Crippen LogP contribution in [-0.2, 0) is 30.2 Å². The van der Waals surface area contributed by atoms with Gasteiger partial charge in [0.15, 0.2) is 11.5 Å². The monoisotopic (exact) mass is 497 g/mol. The molecule has 2 N–H and O–H groups in total. The van der Waals surface area contributed by atoms with E-state index in [9.17, 15) is 24.3 Å². The van der Waals surface area contributed by atoms with Crippen molar-refractivity contribution in [2.24, 2.45) is 0 Å². The summed E-state index contributed by atoms with van der Waals surface area (Å²) in [6, 6.07) is 3.27. The molecular formula is C24H35NO10. The Hall–Kier alpha value is -3.34. The van der Waals surface area contributed by atoms with Gasteiger partial charge in [-0.2, -0.15) is 0 Å². The van der Waals surface area contributed by atoms with Gasteiger partial charge in [0.25, 0.3) is 0 Å². The first kappa shape index (κ1) is 29.7. The fourth-order valence-corrected chi connectivity index (χ4v) is 2.77. The van der Waals surface area contributed by atoms with E-state index < -0.39 is 30.4 Å². The molecule has 0 fully saturated rings. The van der Waals surface area contributed by atoms with Crippen LogP contribution in [0, 0.1) is 0 Å². The number of hydrogen-bond donors (Lipinski definition) is 2. The minimum absolute atomic E-state index is 0.00584. The molecule has 35 heavy (non-hydrogen) atoms. The van der Waals surface area contributed by atoms with Crippen LogP contribution < -0.4 is 14.8 Å². The quantitative estimate of drug-likeness (QED) is 0.207. The van der Waals surface area contributed by atoms with Crippen molar-refractivity contribution in [1.29, 1.82) is 0 Å². The number of benzene rings is 1. The Balaban J connectivity index is 2.95. The molecule has 11 heteroatoms. The van der Waals surface area contributed by atoms with Crippen LogP contribution in [-0.4, -0.2) is 61.3 Å². The lowest BCUT2D eigenvalue weighted by atomic mass is 10.0. The normalized spacial score (nSPS) is 12.2. The summed E-state index contributed by atoms with van der Waals surface area (Å²) in [7, 11) is 0. The smallest absolute Gasteiger partial charge is 0.480 e. The van der Waals surface area contributed by atoms with Crippen LogP contribution in [0.3, 0.4) is 0 Å². The van der Waals surface area contributed by atoms with E-state index in [1.807, 2.05) is 20.8 Å². The highest BCUT2D eigenvalue weighted by Crippen LogP contribution is 2.30. The van der Waals surface area contributed by atoms with Crippen molar-refractivity contribution >= 4 is 24.2 Å². The molecule has 0 aromatic heterocycles. The summed E-state index contributed by atoms with van der Waals surface area (Å²) < 4.78 is 25.3. The van der Waals surface area contributed by atoms with Crippen LogP contribution in [0.4, 0.5) is 9.59 Å². The lowest BCUT2D eigenvalue weighted by Gasteiger charge is -2.19. The molecule has 1 aromatic carbocycles. The molecule has 0 aliphatic carbocycles. The first-order valence-corrected chi connectivity index (χ1v) is 11.7. The summed E-state index contributed by atoms with van der Waals surface area (Å²) in [4.78, 5) is 47.2. The number of rotatable bonds is 15. The van der Waals surface area contributed by atoms with Gasteiger partial charge in [0.05, 0.1) is 13.2 Å². The Labute approximate surface area is 205 Å². The number of carbonyl (C=O) groups is 4. The van der Waals surface area contributed by atoms with Crippen molar-refractivity contribution < 1.29 is 48.0 Å². The molecule has 1 aromatic rings. The van der Waals surface area contributed by atoms with Crippen molar-refractivity contribution in [3.05, 3.63) is 23.8 Å². The number of carbonyl (C=O) groups excluding carboxylic acids is 3. The maximum Gasteiger partial charge on any atom is 0.513 e. The molecule has 11 nitrogen and oxygen atoms in total. The molecule has 0 aliphatic heterocycles. The lowest BCUT2D eigenvalue weighted by molar-refractivity contribution is -0.148. The molecule has 0 bridgehead atoms. The Bertz CT molecular complexity index is 842. The number of aliphatic carboxylic acids is 1. The van der Waals surface area contributed by atoms with Gasteiger partial charge in [0, 0.05) is 13.0 Å². The molecule has 0 amide bonds. The summed E-state index contributed by atoms with van der Waals surface area (Å²) >= 11 is 0. The number of hydrogen-bond acceptors (Lipinski definition) is 10. The van der Waals surface area contributed by atoms with E-state index in [0.29, 0.717) is 24.8 Å². The molecule has 0 saturated carbocycles. The topological polar surface area (TPSA) is 147 Å². The highest BCUT2D eigenvalue weighted by atomic mass is 16.7. The predicted octanol–water partition coefficient (Wildman–Crippen LogP) is 3.85. The Kier molecular flexibility index (Phi) is 13.8. The molecule has 0 heterocycles. The first-order valence-electron chi connectivity index (χ1n) is 11.7. The maximum atomic E-state index is 12.0. The van der Waals surface area contributed by atoms with E-state index in [0.717, 1.165) is 0 Å². The van der Waals surface area contributed by atoms with E-state index >= 15 is 0 Å². The molecule has 1 unspecified atom stereocenters. The molecule has 0 aliphatic rings. The molecule has 0 spiro atoms. The summed E-state index contributed by atoms with van der Waals surface area (Å²) in [5, 5.41) is 12.5. The second kappa shape index (κ2) is 16.3. The van der Waals surface area contributed by atoms with E-state index in [1.54, 1.807) is 6.92 Å². The molecule has 0 saturated heterocycles. The minimum atomic E-state index is -1.12. The van der Waals surface area contributed by atoms with E-state index in [-0.39, 0.29) is 50.1 Å². The maximum absolute atomic E-state index is 12.0.